The molecule has 38 heavy (non-hydrogen) atoms. The van der Waals surface area contributed by atoms with Gasteiger partial charge in [0.25, 0.3) is 0 Å². The van der Waals surface area contributed by atoms with Crippen molar-refractivity contribution in [3.63, 3.8) is 0 Å². The van der Waals surface area contributed by atoms with Gasteiger partial charge in [-0.25, -0.2) is 9.97 Å². The smallest absolute Gasteiger partial charge is 0.234 e. The zero-order valence-corrected chi connectivity index (χ0v) is 21.9. The molecule has 7 heterocycles. The third-order valence-corrected chi connectivity index (χ3v) is 7.55. The Morgan fingerprint density at radius 2 is 1.74 bits per heavy atom. The Balaban J connectivity index is 1.23. The Kier molecular flexibility index (Phi) is 7.57. The van der Waals surface area contributed by atoms with Crippen molar-refractivity contribution in [2.45, 2.75) is 25.9 Å². The molecular formula is C29H36N8O. The highest BCUT2D eigenvalue weighted by Crippen LogP contribution is 2.30. The Labute approximate surface area is 224 Å². The van der Waals surface area contributed by atoms with Crippen LogP contribution in [-0.2, 0) is 17.9 Å². The van der Waals surface area contributed by atoms with Crippen LogP contribution in [0.1, 0.15) is 24.1 Å². The van der Waals surface area contributed by atoms with Gasteiger partial charge in [-0.2, -0.15) is 0 Å². The van der Waals surface area contributed by atoms with Crippen LogP contribution in [0, 0.1) is 5.92 Å². The molecule has 5 aliphatic heterocycles. The van der Waals surface area contributed by atoms with Crippen LogP contribution in [0.5, 0.6) is 0 Å². The van der Waals surface area contributed by atoms with Gasteiger partial charge >= 0.3 is 0 Å². The molecule has 9 rings (SSSR count). The summed E-state index contributed by atoms with van der Waals surface area (Å²) in [5, 5.41) is 6.53. The molecule has 9 nitrogen and oxygen atoms in total. The van der Waals surface area contributed by atoms with Gasteiger partial charge < -0.3 is 10.6 Å². The molecule has 8 bridgehead atoms. The molecule has 1 amide bonds. The number of aromatic nitrogens is 3. The fraction of sp³-hybridized carbons (Fsp3) is 0.448. The summed E-state index contributed by atoms with van der Waals surface area (Å²) in [5.41, 5.74) is 5.04. The standard InChI is InChI=1S/C29H36N8O/c38-28-21-36-14-12-35(13-15-36)19-23-2-1-3-25(16-23)33-29-31-9-8-27(34-29)24-6-7-26(32-17-24)20-37(11-10-30-28)18-22-4-5-22/h1-3,6-9,16-17,22H,4-5,10-15,18-21H2,(H,30,38)(H,31,33,34). The summed E-state index contributed by atoms with van der Waals surface area (Å²) in [6.07, 6.45) is 6.28. The molecule has 0 radical (unpaired) electrons. The van der Waals surface area contributed by atoms with Crippen molar-refractivity contribution in [3.05, 3.63) is 66.1 Å². The van der Waals surface area contributed by atoms with Crippen LogP contribution in [0.3, 0.4) is 0 Å². The van der Waals surface area contributed by atoms with Crippen LogP contribution in [0.2, 0.25) is 0 Å². The summed E-state index contributed by atoms with van der Waals surface area (Å²) in [6, 6.07) is 14.5. The van der Waals surface area contributed by atoms with Crippen LogP contribution in [0.4, 0.5) is 11.6 Å². The lowest BCUT2D eigenvalue weighted by molar-refractivity contribution is -0.122. The zero-order valence-electron chi connectivity index (χ0n) is 21.9. The number of benzene rings is 1. The fourth-order valence-electron chi connectivity index (χ4n) is 5.23. The van der Waals surface area contributed by atoms with E-state index in [2.05, 4.69) is 60.6 Å². The van der Waals surface area contributed by atoms with Crippen molar-refractivity contribution in [3.8, 4) is 11.3 Å². The molecule has 0 atom stereocenters. The highest BCUT2D eigenvalue weighted by Gasteiger charge is 2.25. The Morgan fingerprint density at radius 1 is 0.895 bits per heavy atom. The molecule has 2 N–H and O–H groups in total. The van der Waals surface area contributed by atoms with Gasteiger partial charge in [0.05, 0.1) is 17.9 Å². The third kappa shape index (κ3) is 6.72. The van der Waals surface area contributed by atoms with Crippen LogP contribution in [-0.4, -0.2) is 87.9 Å². The average molecular weight is 513 g/mol. The Hall–Kier alpha value is -3.40. The molecule has 1 saturated heterocycles. The minimum absolute atomic E-state index is 0.118. The summed E-state index contributed by atoms with van der Waals surface area (Å²) in [6.45, 7) is 8.40. The van der Waals surface area contributed by atoms with Gasteiger partial charge in [-0.05, 0) is 54.7 Å². The third-order valence-electron chi connectivity index (χ3n) is 7.55. The zero-order chi connectivity index (χ0) is 25.7. The first-order valence-corrected chi connectivity index (χ1v) is 13.7. The highest BCUT2D eigenvalue weighted by atomic mass is 16.2. The second kappa shape index (κ2) is 11.6. The van der Waals surface area contributed by atoms with Crippen molar-refractivity contribution in [1.29, 1.82) is 0 Å². The number of amides is 1. The number of carbonyl (C=O) groups is 1. The molecule has 2 aromatic heterocycles. The molecular weight excluding hydrogens is 476 g/mol. The number of carbonyl (C=O) groups excluding carboxylic acids is 1. The van der Waals surface area contributed by atoms with Crippen molar-refractivity contribution in [2.24, 2.45) is 5.92 Å². The van der Waals surface area contributed by atoms with Crippen molar-refractivity contribution in [1.82, 2.24) is 35.0 Å². The van der Waals surface area contributed by atoms with Gasteiger partial charge in [0.1, 0.15) is 0 Å². The maximum Gasteiger partial charge on any atom is 0.234 e. The van der Waals surface area contributed by atoms with Crippen LogP contribution in [0.25, 0.3) is 11.3 Å². The maximum atomic E-state index is 12.7. The van der Waals surface area contributed by atoms with Crippen molar-refractivity contribution in [2.75, 3.05) is 57.7 Å². The minimum Gasteiger partial charge on any atom is -0.354 e. The van der Waals surface area contributed by atoms with E-state index >= 15 is 0 Å². The summed E-state index contributed by atoms with van der Waals surface area (Å²) in [5.74, 6) is 1.46. The number of hydrogen-bond acceptors (Lipinski definition) is 8. The highest BCUT2D eigenvalue weighted by molar-refractivity contribution is 5.78. The van der Waals surface area contributed by atoms with Crippen LogP contribution in [0.15, 0.2) is 54.9 Å². The predicted octanol–water partition coefficient (Wildman–Crippen LogP) is 2.74. The Morgan fingerprint density at radius 3 is 2.53 bits per heavy atom. The molecule has 0 spiro atoms. The molecule has 1 aliphatic carbocycles. The minimum atomic E-state index is 0.118. The second-order valence-electron chi connectivity index (χ2n) is 10.7. The summed E-state index contributed by atoms with van der Waals surface area (Å²) >= 11 is 0. The molecule has 1 saturated carbocycles. The molecule has 198 valence electrons. The van der Waals surface area contributed by atoms with Gasteiger partial charge in [-0.15, -0.1) is 0 Å². The van der Waals surface area contributed by atoms with E-state index in [0.717, 1.165) is 80.9 Å². The largest absolute Gasteiger partial charge is 0.354 e. The van der Waals surface area contributed by atoms with Gasteiger partial charge in [-0.3, -0.25) is 24.5 Å². The SMILES string of the molecule is O=C1CN2CCN(CC2)Cc2cccc(c2)Nc2nccc(n2)-c2ccc(nc2)CN(CC2CC2)CCN1. The lowest BCUT2D eigenvalue weighted by Gasteiger charge is -2.34. The molecule has 0 unspecified atom stereocenters. The molecule has 3 aromatic rings. The summed E-state index contributed by atoms with van der Waals surface area (Å²) in [4.78, 5) is 33.8. The quantitative estimate of drug-likeness (QED) is 0.542. The van der Waals surface area contributed by atoms with Crippen molar-refractivity contribution < 1.29 is 4.79 Å². The van der Waals surface area contributed by atoms with E-state index in [1.54, 1.807) is 6.20 Å². The normalized spacial score (nSPS) is 23.0. The van der Waals surface area contributed by atoms with Gasteiger partial charge in [-0.1, -0.05) is 12.1 Å². The van der Waals surface area contributed by atoms with Crippen molar-refractivity contribution >= 4 is 17.5 Å². The van der Waals surface area contributed by atoms with E-state index in [-0.39, 0.29) is 5.91 Å². The van der Waals surface area contributed by atoms with Gasteiger partial charge in [0, 0.05) is 82.5 Å². The summed E-state index contributed by atoms with van der Waals surface area (Å²) < 4.78 is 0. The lowest BCUT2D eigenvalue weighted by atomic mass is 10.1. The summed E-state index contributed by atoms with van der Waals surface area (Å²) in [7, 11) is 0. The monoisotopic (exact) mass is 512 g/mol. The Bertz CT molecular complexity index is 1240. The van der Waals surface area contributed by atoms with E-state index in [0.29, 0.717) is 19.0 Å². The van der Waals surface area contributed by atoms with E-state index < -0.39 is 0 Å². The lowest BCUT2D eigenvalue weighted by Crippen LogP contribution is -2.49. The van der Waals surface area contributed by atoms with Gasteiger partial charge in [0.2, 0.25) is 11.9 Å². The number of rotatable bonds is 2. The topological polar surface area (TPSA) is 89.5 Å². The second-order valence-corrected chi connectivity index (χ2v) is 10.7. The first-order chi connectivity index (χ1) is 18.7. The molecule has 2 fully saturated rings. The fourth-order valence-corrected chi connectivity index (χ4v) is 5.23. The first-order valence-electron chi connectivity index (χ1n) is 13.7. The number of hydrogen-bond donors (Lipinski definition) is 2. The van der Waals surface area contributed by atoms with E-state index in [1.165, 1.54) is 18.4 Å². The van der Waals surface area contributed by atoms with Crippen LogP contribution >= 0.6 is 0 Å². The number of piperazine rings is 1. The number of pyridine rings is 1. The van der Waals surface area contributed by atoms with E-state index in [4.69, 9.17) is 9.97 Å². The maximum absolute atomic E-state index is 12.7. The van der Waals surface area contributed by atoms with E-state index in [9.17, 15) is 4.79 Å². The number of nitrogens with one attached hydrogen (secondary N) is 2. The molecule has 6 aliphatic rings. The van der Waals surface area contributed by atoms with Crippen LogP contribution < -0.4 is 10.6 Å². The number of nitrogens with zero attached hydrogens (tertiary/aromatic N) is 6. The predicted molar refractivity (Wildman–Crippen MR) is 148 cm³/mol. The average Bonchev–Trinajstić information content (AvgIpc) is 3.74. The van der Waals surface area contributed by atoms with E-state index in [1.807, 2.05) is 18.3 Å². The molecule has 1 aromatic carbocycles. The number of anilines is 2. The first kappa shape index (κ1) is 24.9. The van der Waals surface area contributed by atoms with Gasteiger partial charge in [0.15, 0.2) is 0 Å². The molecule has 9 heteroatoms.